The molecular formula is C23H22BrN3O4S. The van der Waals surface area contributed by atoms with Crippen molar-refractivity contribution in [2.75, 3.05) is 6.61 Å². The van der Waals surface area contributed by atoms with Gasteiger partial charge in [-0.25, -0.2) is 0 Å². The van der Waals surface area contributed by atoms with E-state index in [2.05, 4.69) is 32.1 Å². The van der Waals surface area contributed by atoms with Gasteiger partial charge in [0.25, 0.3) is 11.8 Å². The van der Waals surface area contributed by atoms with E-state index in [0.29, 0.717) is 17.1 Å². The lowest BCUT2D eigenvalue weighted by Gasteiger charge is -2.15. The topological polar surface area (TPSA) is 88.7 Å². The van der Waals surface area contributed by atoms with Crippen molar-refractivity contribution < 1.29 is 19.1 Å². The van der Waals surface area contributed by atoms with Crippen LogP contribution in [0.25, 0.3) is 10.8 Å². The fourth-order valence-electron chi connectivity index (χ4n) is 2.84. The van der Waals surface area contributed by atoms with Crippen LogP contribution in [0.2, 0.25) is 0 Å². The van der Waals surface area contributed by atoms with E-state index in [1.165, 1.54) is 0 Å². The molecule has 0 fully saturated rings. The van der Waals surface area contributed by atoms with Crippen LogP contribution in [-0.2, 0) is 4.79 Å². The SMILES string of the molecule is CC(C)Oc1ccccc1C(=O)NC(=S)NNC(=O)COc1ccc2ccccc2c1Br. The van der Waals surface area contributed by atoms with E-state index >= 15 is 0 Å². The maximum Gasteiger partial charge on any atom is 0.276 e. The van der Waals surface area contributed by atoms with Crippen molar-refractivity contribution in [3.05, 3.63) is 70.7 Å². The van der Waals surface area contributed by atoms with Crippen molar-refractivity contribution in [2.24, 2.45) is 0 Å². The monoisotopic (exact) mass is 515 g/mol. The number of nitrogens with one attached hydrogen (secondary N) is 3. The Morgan fingerprint density at radius 3 is 2.47 bits per heavy atom. The maximum absolute atomic E-state index is 12.5. The van der Waals surface area contributed by atoms with Gasteiger partial charge in [-0.3, -0.25) is 25.8 Å². The van der Waals surface area contributed by atoms with E-state index in [1.807, 2.05) is 44.2 Å². The number of carbonyl (C=O) groups excluding carboxylic acids is 2. The molecule has 0 bridgehead atoms. The van der Waals surface area contributed by atoms with Gasteiger partial charge in [0.15, 0.2) is 11.7 Å². The molecule has 2 amide bonds. The Bertz CT molecular complexity index is 1150. The quantitative estimate of drug-likeness (QED) is 0.338. The van der Waals surface area contributed by atoms with Gasteiger partial charge in [-0.05, 0) is 71.0 Å². The van der Waals surface area contributed by atoms with Crippen LogP contribution in [0.1, 0.15) is 24.2 Å². The molecule has 0 saturated carbocycles. The number of carbonyl (C=O) groups is 2. The highest BCUT2D eigenvalue weighted by Crippen LogP contribution is 2.32. The fourth-order valence-corrected chi connectivity index (χ4v) is 3.59. The van der Waals surface area contributed by atoms with Crippen LogP contribution in [-0.4, -0.2) is 29.6 Å². The molecule has 0 aliphatic carbocycles. The molecule has 32 heavy (non-hydrogen) atoms. The zero-order valence-electron chi connectivity index (χ0n) is 17.5. The van der Waals surface area contributed by atoms with Gasteiger partial charge in [0.2, 0.25) is 0 Å². The molecule has 0 atom stereocenters. The highest BCUT2D eigenvalue weighted by Gasteiger charge is 2.15. The number of hydrogen-bond donors (Lipinski definition) is 3. The summed E-state index contributed by atoms with van der Waals surface area (Å²) in [5.74, 6) is 0.0622. The van der Waals surface area contributed by atoms with Crippen LogP contribution >= 0.6 is 28.1 Å². The first-order valence-corrected chi connectivity index (χ1v) is 11.0. The summed E-state index contributed by atoms with van der Waals surface area (Å²) >= 11 is 8.60. The van der Waals surface area contributed by atoms with Crippen LogP contribution in [0, 0.1) is 0 Å². The lowest BCUT2D eigenvalue weighted by Crippen LogP contribution is -2.49. The second kappa shape index (κ2) is 10.9. The summed E-state index contributed by atoms with van der Waals surface area (Å²) in [5.41, 5.74) is 5.22. The standard InChI is InChI=1S/C23H22BrN3O4S/c1-14(2)31-18-10-6-5-9-17(18)22(29)25-23(32)27-26-20(28)13-30-19-12-11-15-7-3-4-8-16(15)21(19)24/h3-12,14H,13H2,1-2H3,(H,26,28)(H2,25,27,29,32). The first-order valence-electron chi connectivity index (χ1n) is 9.81. The Kier molecular flexibility index (Phi) is 8.02. The van der Waals surface area contributed by atoms with Gasteiger partial charge in [-0.15, -0.1) is 0 Å². The summed E-state index contributed by atoms with van der Waals surface area (Å²) in [6.45, 7) is 3.50. The molecule has 0 spiro atoms. The van der Waals surface area contributed by atoms with Crippen molar-refractivity contribution in [1.82, 2.24) is 16.2 Å². The Morgan fingerprint density at radius 2 is 1.69 bits per heavy atom. The summed E-state index contributed by atoms with van der Waals surface area (Å²) in [7, 11) is 0. The van der Waals surface area contributed by atoms with Crippen molar-refractivity contribution in [3.63, 3.8) is 0 Å². The minimum absolute atomic E-state index is 0.0606. The van der Waals surface area contributed by atoms with Crippen molar-refractivity contribution in [1.29, 1.82) is 0 Å². The van der Waals surface area contributed by atoms with Crippen LogP contribution in [0.5, 0.6) is 11.5 Å². The van der Waals surface area contributed by atoms with Crippen molar-refractivity contribution in [3.8, 4) is 11.5 Å². The smallest absolute Gasteiger partial charge is 0.276 e. The molecule has 3 aromatic carbocycles. The number of thiocarbonyl (C=S) groups is 1. The predicted molar refractivity (Wildman–Crippen MR) is 131 cm³/mol. The molecule has 0 heterocycles. The number of benzene rings is 3. The number of rotatable bonds is 6. The summed E-state index contributed by atoms with van der Waals surface area (Å²) in [6, 6.07) is 18.4. The summed E-state index contributed by atoms with van der Waals surface area (Å²) in [6.07, 6.45) is -0.0871. The molecule has 7 nitrogen and oxygen atoms in total. The maximum atomic E-state index is 12.5. The first-order chi connectivity index (χ1) is 15.3. The summed E-state index contributed by atoms with van der Waals surface area (Å²) < 4.78 is 12.0. The first kappa shape index (κ1) is 23.5. The lowest BCUT2D eigenvalue weighted by atomic mass is 10.1. The van der Waals surface area contributed by atoms with Crippen LogP contribution < -0.4 is 25.6 Å². The van der Waals surface area contributed by atoms with Crippen molar-refractivity contribution in [2.45, 2.75) is 20.0 Å². The molecule has 0 aliphatic heterocycles. The minimum atomic E-state index is -0.467. The van der Waals surface area contributed by atoms with E-state index in [9.17, 15) is 9.59 Å². The Labute approximate surface area is 199 Å². The third-order valence-corrected chi connectivity index (χ3v) is 5.25. The van der Waals surface area contributed by atoms with E-state index < -0.39 is 11.8 Å². The molecule has 3 rings (SSSR count). The van der Waals surface area contributed by atoms with Crippen LogP contribution in [0.4, 0.5) is 0 Å². The number of fused-ring (bicyclic) bond motifs is 1. The van der Waals surface area contributed by atoms with E-state index in [1.54, 1.807) is 30.3 Å². The average molecular weight is 516 g/mol. The largest absolute Gasteiger partial charge is 0.490 e. The zero-order valence-corrected chi connectivity index (χ0v) is 19.9. The second-order valence-corrected chi connectivity index (χ2v) is 8.21. The van der Waals surface area contributed by atoms with E-state index in [4.69, 9.17) is 21.7 Å². The number of hydrogen-bond acceptors (Lipinski definition) is 5. The number of ether oxygens (including phenoxy) is 2. The molecule has 9 heteroatoms. The predicted octanol–water partition coefficient (Wildman–Crippen LogP) is 4.10. The van der Waals surface area contributed by atoms with Gasteiger partial charge < -0.3 is 9.47 Å². The Hall–Kier alpha value is -3.17. The van der Waals surface area contributed by atoms with Crippen LogP contribution in [0.3, 0.4) is 0 Å². The minimum Gasteiger partial charge on any atom is -0.490 e. The number of hydrazine groups is 1. The molecule has 0 aliphatic rings. The van der Waals surface area contributed by atoms with Gasteiger partial charge in [-0.2, -0.15) is 0 Å². The molecular weight excluding hydrogens is 494 g/mol. The number of amides is 2. The molecule has 0 saturated heterocycles. The van der Waals surface area contributed by atoms with Crippen molar-refractivity contribution >= 4 is 55.8 Å². The van der Waals surface area contributed by atoms with Gasteiger partial charge in [0.05, 0.1) is 16.1 Å². The van der Waals surface area contributed by atoms with Gasteiger partial charge in [0, 0.05) is 0 Å². The number of para-hydroxylation sites is 1. The Balaban J connectivity index is 1.50. The molecule has 3 N–H and O–H groups in total. The molecule has 0 radical (unpaired) electrons. The fraction of sp³-hybridized carbons (Fsp3) is 0.174. The highest BCUT2D eigenvalue weighted by atomic mass is 79.9. The second-order valence-electron chi connectivity index (χ2n) is 7.01. The molecule has 166 valence electrons. The highest BCUT2D eigenvalue weighted by molar-refractivity contribution is 9.10. The van der Waals surface area contributed by atoms with Gasteiger partial charge in [0.1, 0.15) is 11.5 Å². The Morgan fingerprint density at radius 1 is 0.969 bits per heavy atom. The molecule has 0 aromatic heterocycles. The third kappa shape index (κ3) is 6.18. The molecule has 3 aromatic rings. The summed E-state index contributed by atoms with van der Waals surface area (Å²) in [4.78, 5) is 24.6. The van der Waals surface area contributed by atoms with Gasteiger partial charge >= 0.3 is 0 Å². The van der Waals surface area contributed by atoms with E-state index in [-0.39, 0.29) is 17.8 Å². The lowest BCUT2D eigenvalue weighted by molar-refractivity contribution is -0.123. The van der Waals surface area contributed by atoms with Gasteiger partial charge in [-0.1, -0.05) is 42.5 Å². The van der Waals surface area contributed by atoms with Crippen LogP contribution in [0.15, 0.2) is 65.1 Å². The molecule has 0 unspecified atom stereocenters. The normalized spacial score (nSPS) is 10.5. The number of halogens is 1. The third-order valence-electron chi connectivity index (χ3n) is 4.22. The average Bonchev–Trinajstić information content (AvgIpc) is 2.77. The zero-order chi connectivity index (χ0) is 23.1. The summed E-state index contributed by atoms with van der Waals surface area (Å²) in [5, 5.41) is 4.48. The van der Waals surface area contributed by atoms with E-state index in [0.717, 1.165) is 15.2 Å².